The van der Waals surface area contributed by atoms with Crippen LogP contribution in [0.3, 0.4) is 0 Å². The monoisotopic (exact) mass is 215 g/mol. The van der Waals surface area contributed by atoms with Crippen LogP contribution in [0.1, 0.15) is 11.4 Å². The molecule has 16 heavy (non-hydrogen) atoms. The van der Waals surface area contributed by atoms with Gasteiger partial charge in [0.05, 0.1) is 0 Å². The highest BCUT2D eigenvalue weighted by Crippen LogP contribution is 2.21. The molecule has 1 aromatic heterocycles. The number of nitrogens with zero attached hydrogens (tertiary/aromatic N) is 2. The van der Waals surface area contributed by atoms with E-state index in [1.807, 2.05) is 19.1 Å². The van der Waals surface area contributed by atoms with Crippen molar-refractivity contribution >= 4 is 5.69 Å². The zero-order valence-electron chi connectivity index (χ0n) is 9.05. The molecule has 0 aliphatic heterocycles. The summed E-state index contributed by atoms with van der Waals surface area (Å²) in [6.07, 6.45) is 3.38. The van der Waals surface area contributed by atoms with E-state index in [9.17, 15) is 0 Å². The second-order valence-electron chi connectivity index (χ2n) is 3.48. The van der Waals surface area contributed by atoms with E-state index in [2.05, 4.69) is 9.97 Å². The van der Waals surface area contributed by atoms with Crippen LogP contribution in [-0.2, 0) is 6.61 Å². The molecule has 4 heteroatoms. The molecule has 1 aromatic carbocycles. The second-order valence-corrected chi connectivity index (χ2v) is 3.48. The first-order chi connectivity index (χ1) is 7.75. The zero-order chi connectivity index (χ0) is 11.4. The number of ether oxygens (including phenoxy) is 1. The van der Waals surface area contributed by atoms with E-state index in [0.717, 1.165) is 11.3 Å². The van der Waals surface area contributed by atoms with Gasteiger partial charge in [-0.2, -0.15) is 0 Å². The maximum Gasteiger partial charge on any atom is 0.166 e. The summed E-state index contributed by atoms with van der Waals surface area (Å²) in [4.78, 5) is 8.16. The van der Waals surface area contributed by atoms with E-state index in [1.165, 1.54) is 0 Å². The summed E-state index contributed by atoms with van der Waals surface area (Å²) in [5.41, 5.74) is 7.42. The number of rotatable bonds is 3. The van der Waals surface area contributed by atoms with E-state index in [1.54, 1.807) is 24.5 Å². The van der Waals surface area contributed by atoms with Gasteiger partial charge in [0.2, 0.25) is 0 Å². The zero-order valence-corrected chi connectivity index (χ0v) is 9.05. The summed E-state index contributed by atoms with van der Waals surface area (Å²) in [5.74, 6) is 1.43. The number of nitrogens with two attached hydrogens (primary N) is 1. The summed E-state index contributed by atoms with van der Waals surface area (Å²) < 4.78 is 5.60. The van der Waals surface area contributed by atoms with E-state index in [4.69, 9.17) is 10.5 Å². The average Bonchev–Trinajstić information content (AvgIpc) is 2.32. The normalized spacial score (nSPS) is 10.1. The Bertz CT molecular complexity index is 471. The van der Waals surface area contributed by atoms with Crippen LogP contribution < -0.4 is 10.5 Å². The van der Waals surface area contributed by atoms with Crippen molar-refractivity contribution in [3.63, 3.8) is 0 Å². The topological polar surface area (TPSA) is 61.0 Å². The lowest BCUT2D eigenvalue weighted by Gasteiger charge is -2.08. The fourth-order valence-corrected chi connectivity index (χ4v) is 1.32. The molecule has 0 amide bonds. The predicted octanol–water partition coefficient (Wildman–Crippen LogP) is 1.95. The molecule has 4 nitrogen and oxygen atoms in total. The van der Waals surface area contributed by atoms with Gasteiger partial charge in [0, 0.05) is 24.1 Å². The second kappa shape index (κ2) is 4.61. The molecule has 0 radical (unpaired) electrons. The Hall–Kier alpha value is -2.10. The van der Waals surface area contributed by atoms with Gasteiger partial charge in [-0.05, 0) is 24.6 Å². The number of nitrogen functional groups attached to an aromatic ring is 1. The van der Waals surface area contributed by atoms with Gasteiger partial charge in [0.1, 0.15) is 12.4 Å². The van der Waals surface area contributed by atoms with Crippen molar-refractivity contribution in [1.82, 2.24) is 9.97 Å². The molecule has 82 valence electrons. The quantitative estimate of drug-likeness (QED) is 0.795. The lowest BCUT2D eigenvalue weighted by atomic mass is 10.2. The van der Waals surface area contributed by atoms with Crippen molar-refractivity contribution in [1.29, 1.82) is 0 Å². The first-order valence-corrected chi connectivity index (χ1v) is 5.00. The van der Waals surface area contributed by atoms with E-state index >= 15 is 0 Å². The highest BCUT2D eigenvalue weighted by molar-refractivity contribution is 5.47. The smallest absolute Gasteiger partial charge is 0.166 e. The molecule has 0 fully saturated rings. The third kappa shape index (κ3) is 2.48. The van der Waals surface area contributed by atoms with Crippen LogP contribution in [0, 0.1) is 6.92 Å². The van der Waals surface area contributed by atoms with Gasteiger partial charge in [0.15, 0.2) is 5.82 Å². The van der Waals surface area contributed by atoms with Crippen LogP contribution in [0.15, 0.2) is 36.7 Å². The summed E-state index contributed by atoms with van der Waals surface area (Å²) in [5, 5.41) is 0. The molecule has 0 unspecified atom stereocenters. The average molecular weight is 215 g/mol. The molecular weight excluding hydrogens is 202 g/mol. The van der Waals surface area contributed by atoms with Crippen molar-refractivity contribution in [3.05, 3.63) is 48.0 Å². The van der Waals surface area contributed by atoms with Crippen molar-refractivity contribution in [2.45, 2.75) is 13.5 Å². The Morgan fingerprint density at radius 1 is 1.25 bits per heavy atom. The minimum Gasteiger partial charge on any atom is -0.485 e. The van der Waals surface area contributed by atoms with Crippen LogP contribution in [0.4, 0.5) is 5.69 Å². The van der Waals surface area contributed by atoms with Crippen LogP contribution in [0.5, 0.6) is 5.75 Å². The summed E-state index contributed by atoms with van der Waals surface area (Å²) in [6, 6.07) is 7.35. The minimum absolute atomic E-state index is 0.352. The third-order valence-corrected chi connectivity index (χ3v) is 2.19. The maximum absolute atomic E-state index is 5.69. The van der Waals surface area contributed by atoms with Crippen LogP contribution in [0.25, 0.3) is 0 Å². The molecule has 2 rings (SSSR count). The highest BCUT2D eigenvalue weighted by atomic mass is 16.5. The van der Waals surface area contributed by atoms with Crippen LogP contribution in [-0.4, -0.2) is 9.97 Å². The minimum atomic E-state index is 0.352. The predicted molar refractivity (Wildman–Crippen MR) is 62.0 cm³/mol. The van der Waals surface area contributed by atoms with Gasteiger partial charge in [-0.25, -0.2) is 9.97 Å². The van der Waals surface area contributed by atoms with Crippen molar-refractivity contribution in [2.75, 3.05) is 5.73 Å². The number of hydrogen-bond acceptors (Lipinski definition) is 4. The molecular formula is C12H13N3O. The van der Waals surface area contributed by atoms with Gasteiger partial charge in [-0.1, -0.05) is 6.07 Å². The fraction of sp³-hybridized carbons (Fsp3) is 0.167. The largest absolute Gasteiger partial charge is 0.485 e. The first-order valence-electron chi connectivity index (χ1n) is 5.00. The maximum atomic E-state index is 5.69. The number of aryl methyl sites for hydroxylation is 1. The van der Waals surface area contributed by atoms with Gasteiger partial charge >= 0.3 is 0 Å². The summed E-state index contributed by atoms with van der Waals surface area (Å²) >= 11 is 0. The van der Waals surface area contributed by atoms with E-state index in [0.29, 0.717) is 18.1 Å². The molecule has 1 heterocycles. The molecule has 0 atom stereocenters. The van der Waals surface area contributed by atoms with Crippen molar-refractivity contribution < 1.29 is 4.74 Å². The molecule has 2 aromatic rings. The third-order valence-electron chi connectivity index (χ3n) is 2.19. The fourth-order valence-electron chi connectivity index (χ4n) is 1.32. The van der Waals surface area contributed by atoms with Crippen molar-refractivity contribution in [3.8, 4) is 5.75 Å². The molecule has 0 aliphatic carbocycles. The molecule has 0 saturated carbocycles. The number of anilines is 1. The standard InChI is InChI=1S/C12H13N3O/c1-9-3-4-10(13)7-11(9)16-8-12-14-5-2-6-15-12/h2-7H,8,13H2,1H3. The Labute approximate surface area is 94.1 Å². The SMILES string of the molecule is Cc1ccc(N)cc1OCc1ncccn1. The van der Waals surface area contributed by atoms with Gasteiger partial charge < -0.3 is 10.5 Å². The molecule has 0 spiro atoms. The molecule has 0 aliphatic rings. The lowest BCUT2D eigenvalue weighted by molar-refractivity contribution is 0.294. The Balaban J connectivity index is 2.08. The summed E-state index contributed by atoms with van der Waals surface area (Å²) in [7, 11) is 0. The first kappa shape index (κ1) is 10.4. The highest BCUT2D eigenvalue weighted by Gasteiger charge is 2.01. The number of benzene rings is 1. The van der Waals surface area contributed by atoms with E-state index in [-0.39, 0.29) is 0 Å². The van der Waals surface area contributed by atoms with Gasteiger partial charge in [-0.15, -0.1) is 0 Å². The Kier molecular flexibility index (Phi) is 3.00. The van der Waals surface area contributed by atoms with Gasteiger partial charge in [-0.3, -0.25) is 0 Å². The van der Waals surface area contributed by atoms with Gasteiger partial charge in [0.25, 0.3) is 0 Å². The Morgan fingerprint density at radius 3 is 2.75 bits per heavy atom. The molecule has 0 saturated heterocycles. The van der Waals surface area contributed by atoms with Crippen molar-refractivity contribution in [2.24, 2.45) is 0 Å². The number of aromatic nitrogens is 2. The van der Waals surface area contributed by atoms with E-state index < -0.39 is 0 Å². The Morgan fingerprint density at radius 2 is 2.00 bits per heavy atom. The molecule has 0 bridgehead atoms. The number of hydrogen-bond donors (Lipinski definition) is 1. The summed E-state index contributed by atoms with van der Waals surface area (Å²) in [6.45, 7) is 2.33. The lowest BCUT2D eigenvalue weighted by Crippen LogP contribution is -2.01. The van der Waals surface area contributed by atoms with Crippen LogP contribution >= 0.6 is 0 Å². The molecule has 2 N–H and O–H groups in total. The van der Waals surface area contributed by atoms with Crippen LogP contribution in [0.2, 0.25) is 0 Å².